The molecule has 0 bridgehead atoms. The summed E-state index contributed by atoms with van der Waals surface area (Å²) in [7, 11) is 0. The molecule has 0 spiro atoms. The molecule has 1 amide bonds. The first kappa shape index (κ1) is 20.2. The van der Waals surface area contributed by atoms with Gasteiger partial charge in [0.1, 0.15) is 6.61 Å². The second-order valence-corrected chi connectivity index (χ2v) is 6.57. The number of hydrogen-bond donors (Lipinski definition) is 1. The van der Waals surface area contributed by atoms with Gasteiger partial charge in [0.2, 0.25) is 5.91 Å². The number of nitrogens with zero attached hydrogens (tertiary/aromatic N) is 2. The molecule has 0 fully saturated rings. The lowest BCUT2D eigenvalue weighted by Crippen LogP contribution is -2.20. The molecule has 0 radical (unpaired) electrons. The summed E-state index contributed by atoms with van der Waals surface area (Å²) in [6.45, 7) is 2.15. The van der Waals surface area contributed by atoms with Crippen LogP contribution in [-0.4, -0.2) is 35.3 Å². The van der Waals surface area contributed by atoms with Crippen molar-refractivity contribution in [2.24, 2.45) is 0 Å². The zero-order valence-corrected chi connectivity index (χ0v) is 15.1. The van der Waals surface area contributed by atoms with E-state index in [-0.39, 0.29) is 13.0 Å². The van der Waals surface area contributed by atoms with Gasteiger partial charge in [0.15, 0.2) is 5.16 Å². The minimum atomic E-state index is -4.39. The molecule has 1 N–H and O–H groups in total. The van der Waals surface area contributed by atoms with E-state index in [0.717, 1.165) is 16.3 Å². The van der Waals surface area contributed by atoms with Gasteiger partial charge in [0.25, 0.3) is 0 Å². The summed E-state index contributed by atoms with van der Waals surface area (Å²) in [5.74, 6) is -0.412. The van der Waals surface area contributed by atoms with E-state index < -0.39 is 18.7 Å². The van der Waals surface area contributed by atoms with Crippen LogP contribution in [-0.2, 0) is 9.53 Å². The van der Waals surface area contributed by atoms with E-state index in [1.54, 1.807) is 12.1 Å². The fraction of sp³-hybridized carbons (Fsp3) is 0.353. The molecule has 0 aliphatic carbocycles. The zero-order valence-electron chi connectivity index (χ0n) is 14.3. The van der Waals surface area contributed by atoms with Crippen LogP contribution in [0.4, 0.5) is 18.9 Å². The third-order valence-electron chi connectivity index (χ3n) is 3.05. The number of benzene rings is 1. The number of halogens is 3. The van der Waals surface area contributed by atoms with Crippen molar-refractivity contribution in [3.63, 3.8) is 0 Å². The Morgan fingerprint density at radius 2 is 1.77 bits per heavy atom. The fourth-order valence-corrected chi connectivity index (χ4v) is 2.89. The van der Waals surface area contributed by atoms with E-state index >= 15 is 0 Å². The Morgan fingerprint density at radius 1 is 1.15 bits per heavy atom. The van der Waals surface area contributed by atoms with Crippen LogP contribution in [0.1, 0.15) is 17.8 Å². The molecule has 0 saturated heterocycles. The Balaban J connectivity index is 1.82. The molecule has 1 heterocycles. The normalized spacial score (nSPS) is 11.4. The number of aromatic nitrogens is 2. The molecule has 0 atom stereocenters. The van der Waals surface area contributed by atoms with Crippen molar-refractivity contribution < 1.29 is 22.7 Å². The lowest BCUT2D eigenvalue weighted by atomic mass is 10.3. The molecule has 0 aliphatic rings. The maximum absolute atomic E-state index is 11.9. The standard InChI is InChI=1S/C17H18F3N3O2S/c1-11-9-12(2)22-16(21-11)26-14-5-3-13(4-6-14)23-15(24)7-8-25-10-17(18,19)20/h3-6,9H,7-8,10H2,1-2H3,(H,23,24). The molecular formula is C17H18F3N3O2S. The highest BCUT2D eigenvalue weighted by molar-refractivity contribution is 7.99. The second-order valence-electron chi connectivity index (χ2n) is 5.53. The van der Waals surface area contributed by atoms with Crippen molar-refractivity contribution >= 4 is 23.4 Å². The SMILES string of the molecule is Cc1cc(C)nc(Sc2ccc(NC(=O)CCOCC(F)(F)F)cc2)n1. The van der Waals surface area contributed by atoms with E-state index in [4.69, 9.17) is 0 Å². The summed E-state index contributed by atoms with van der Waals surface area (Å²) < 4.78 is 40.2. The highest BCUT2D eigenvalue weighted by atomic mass is 32.2. The number of nitrogens with one attached hydrogen (secondary N) is 1. The van der Waals surface area contributed by atoms with Gasteiger partial charge in [-0.25, -0.2) is 9.97 Å². The van der Waals surface area contributed by atoms with Crippen LogP contribution < -0.4 is 5.32 Å². The third kappa shape index (κ3) is 7.40. The quantitative estimate of drug-likeness (QED) is 0.573. The molecule has 2 aromatic rings. The van der Waals surface area contributed by atoms with Gasteiger partial charge in [0.05, 0.1) is 13.0 Å². The number of carbonyl (C=O) groups excluding carboxylic acids is 1. The molecule has 0 unspecified atom stereocenters. The van der Waals surface area contributed by atoms with Crippen LogP contribution >= 0.6 is 11.8 Å². The maximum atomic E-state index is 11.9. The molecule has 1 aromatic heterocycles. The van der Waals surface area contributed by atoms with Gasteiger partial charge in [0, 0.05) is 22.0 Å². The number of aryl methyl sites for hydroxylation is 2. The van der Waals surface area contributed by atoms with E-state index in [0.29, 0.717) is 10.8 Å². The molecule has 26 heavy (non-hydrogen) atoms. The number of carbonyl (C=O) groups is 1. The Labute approximate surface area is 153 Å². The number of amides is 1. The third-order valence-corrected chi connectivity index (χ3v) is 3.92. The lowest BCUT2D eigenvalue weighted by molar-refractivity contribution is -0.174. The largest absolute Gasteiger partial charge is 0.411 e. The summed E-state index contributed by atoms with van der Waals surface area (Å²) in [5, 5.41) is 3.25. The number of rotatable bonds is 7. The molecule has 0 aliphatic heterocycles. The summed E-state index contributed by atoms with van der Waals surface area (Å²) in [6.07, 6.45) is -4.54. The number of anilines is 1. The maximum Gasteiger partial charge on any atom is 0.411 e. The molecule has 0 saturated carbocycles. The van der Waals surface area contributed by atoms with Gasteiger partial charge >= 0.3 is 6.18 Å². The van der Waals surface area contributed by atoms with Gasteiger partial charge in [-0.3, -0.25) is 4.79 Å². The van der Waals surface area contributed by atoms with Gasteiger partial charge < -0.3 is 10.1 Å². The van der Waals surface area contributed by atoms with E-state index in [9.17, 15) is 18.0 Å². The Morgan fingerprint density at radius 3 is 2.35 bits per heavy atom. The average molecular weight is 385 g/mol. The predicted octanol–water partition coefficient (Wildman–Crippen LogP) is 4.15. The van der Waals surface area contributed by atoms with E-state index in [1.807, 2.05) is 32.0 Å². The van der Waals surface area contributed by atoms with Gasteiger partial charge in [-0.05, 0) is 55.9 Å². The first-order valence-corrected chi connectivity index (χ1v) is 8.57. The van der Waals surface area contributed by atoms with Crippen LogP contribution in [0.25, 0.3) is 0 Å². The highest BCUT2D eigenvalue weighted by Crippen LogP contribution is 2.26. The van der Waals surface area contributed by atoms with Crippen LogP contribution in [0.2, 0.25) is 0 Å². The van der Waals surface area contributed by atoms with Crippen LogP contribution in [0.3, 0.4) is 0 Å². The summed E-state index contributed by atoms with van der Waals surface area (Å²) in [5.41, 5.74) is 2.32. The molecule has 1 aromatic carbocycles. The van der Waals surface area contributed by atoms with Gasteiger partial charge in [-0.1, -0.05) is 0 Å². The predicted molar refractivity (Wildman–Crippen MR) is 92.2 cm³/mol. The minimum absolute atomic E-state index is 0.150. The first-order chi connectivity index (χ1) is 12.2. The van der Waals surface area contributed by atoms with Crippen molar-refractivity contribution in [3.8, 4) is 0 Å². The molecule has 9 heteroatoms. The van der Waals surface area contributed by atoms with Crippen molar-refractivity contribution in [3.05, 3.63) is 41.7 Å². The Bertz CT molecular complexity index is 732. The Hall–Kier alpha value is -2.13. The number of hydrogen-bond acceptors (Lipinski definition) is 5. The van der Waals surface area contributed by atoms with E-state index in [1.165, 1.54) is 11.8 Å². The van der Waals surface area contributed by atoms with Crippen molar-refractivity contribution in [2.45, 2.75) is 36.5 Å². The van der Waals surface area contributed by atoms with E-state index in [2.05, 4.69) is 20.0 Å². The van der Waals surface area contributed by atoms with Gasteiger partial charge in [-0.2, -0.15) is 13.2 Å². The van der Waals surface area contributed by atoms with Crippen molar-refractivity contribution in [2.75, 3.05) is 18.5 Å². The smallest absolute Gasteiger partial charge is 0.372 e. The second kappa shape index (κ2) is 9.00. The van der Waals surface area contributed by atoms with Crippen molar-refractivity contribution in [1.29, 1.82) is 0 Å². The summed E-state index contributed by atoms with van der Waals surface area (Å²) >= 11 is 1.40. The first-order valence-electron chi connectivity index (χ1n) is 7.76. The molecule has 5 nitrogen and oxygen atoms in total. The summed E-state index contributed by atoms with van der Waals surface area (Å²) in [4.78, 5) is 21.3. The highest BCUT2D eigenvalue weighted by Gasteiger charge is 2.27. The monoisotopic (exact) mass is 385 g/mol. The fourth-order valence-electron chi connectivity index (χ4n) is 2.03. The van der Waals surface area contributed by atoms with Gasteiger partial charge in [-0.15, -0.1) is 0 Å². The average Bonchev–Trinajstić information content (AvgIpc) is 2.52. The number of ether oxygens (including phenoxy) is 1. The van der Waals surface area contributed by atoms with Crippen LogP contribution in [0.5, 0.6) is 0 Å². The number of alkyl halides is 3. The summed E-state index contributed by atoms with van der Waals surface area (Å²) in [6, 6.07) is 8.92. The molecular weight excluding hydrogens is 367 g/mol. The zero-order chi connectivity index (χ0) is 19.2. The topological polar surface area (TPSA) is 64.1 Å². The Kier molecular flexibility index (Phi) is 6.98. The molecule has 2 rings (SSSR count). The van der Waals surface area contributed by atoms with Crippen LogP contribution in [0.15, 0.2) is 40.4 Å². The minimum Gasteiger partial charge on any atom is -0.372 e. The van der Waals surface area contributed by atoms with Crippen molar-refractivity contribution in [1.82, 2.24) is 9.97 Å². The lowest BCUT2D eigenvalue weighted by Gasteiger charge is -2.08. The molecule has 140 valence electrons. The van der Waals surface area contributed by atoms with Crippen LogP contribution in [0, 0.1) is 13.8 Å².